The fourth-order valence-electron chi connectivity index (χ4n) is 1.80. The molecule has 0 aromatic heterocycles. The molecule has 1 unspecified atom stereocenters. The van der Waals surface area contributed by atoms with Crippen molar-refractivity contribution in [2.75, 3.05) is 26.2 Å². The van der Waals surface area contributed by atoms with Gasteiger partial charge in [-0.25, -0.2) is 0 Å². The highest BCUT2D eigenvalue weighted by atomic mass is 16.1. The summed E-state index contributed by atoms with van der Waals surface area (Å²) in [6, 6.07) is 0.182. The Bertz CT molecular complexity index is 185. The molecular weight excluding hydrogens is 202 g/mol. The van der Waals surface area contributed by atoms with Gasteiger partial charge in [0, 0.05) is 25.6 Å². The van der Waals surface area contributed by atoms with Crippen molar-refractivity contribution in [1.29, 1.82) is 0 Å². The second-order valence-corrected chi connectivity index (χ2v) is 4.07. The van der Waals surface area contributed by atoms with Gasteiger partial charge in [-0.1, -0.05) is 20.8 Å². The first kappa shape index (κ1) is 15.4. The zero-order valence-electron chi connectivity index (χ0n) is 11.0. The van der Waals surface area contributed by atoms with E-state index in [2.05, 4.69) is 31.0 Å². The summed E-state index contributed by atoms with van der Waals surface area (Å²) in [5.41, 5.74) is 5.73. The summed E-state index contributed by atoms with van der Waals surface area (Å²) >= 11 is 0. The molecule has 0 aromatic carbocycles. The van der Waals surface area contributed by atoms with Crippen molar-refractivity contribution in [3.63, 3.8) is 0 Å². The normalized spacial score (nSPS) is 12.8. The Labute approximate surface area is 99.6 Å². The number of carbonyl (C=O) groups excluding carboxylic acids is 1. The topological polar surface area (TPSA) is 58.4 Å². The van der Waals surface area contributed by atoms with Crippen LogP contribution < -0.4 is 11.1 Å². The first-order valence-corrected chi connectivity index (χ1v) is 6.40. The van der Waals surface area contributed by atoms with Crippen LogP contribution in [0.2, 0.25) is 0 Å². The van der Waals surface area contributed by atoms with Crippen molar-refractivity contribution < 1.29 is 4.79 Å². The number of nitrogens with two attached hydrogens (primary N) is 1. The van der Waals surface area contributed by atoms with E-state index in [4.69, 9.17) is 5.73 Å². The van der Waals surface area contributed by atoms with Gasteiger partial charge < -0.3 is 11.1 Å². The molecule has 0 aliphatic carbocycles. The third-order valence-corrected chi connectivity index (χ3v) is 2.70. The first-order valence-electron chi connectivity index (χ1n) is 6.40. The highest BCUT2D eigenvalue weighted by Gasteiger charge is 2.17. The van der Waals surface area contributed by atoms with Crippen LogP contribution in [0.25, 0.3) is 0 Å². The highest BCUT2D eigenvalue weighted by Crippen LogP contribution is 2.04. The zero-order valence-corrected chi connectivity index (χ0v) is 11.0. The molecule has 0 aliphatic heterocycles. The molecule has 0 heterocycles. The summed E-state index contributed by atoms with van der Waals surface area (Å²) in [5, 5.41) is 2.90. The second-order valence-electron chi connectivity index (χ2n) is 4.07. The van der Waals surface area contributed by atoms with E-state index in [1.54, 1.807) is 0 Å². The number of nitrogens with one attached hydrogen (secondary N) is 1. The van der Waals surface area contributed by atoms with Gasteiger partial charge in [0.1, 0.15) is 0 Å². The van der Waals surface area contributed by atoms with Crippen LogP contribution in [0.5, 0.6) is 0 Å². The molecule has 0 radical (unpaired) electrons. The van der Waals surface area contributed by atoms with Crippen molar-refractivity contribution in [3.05, 3.63) is 0 Å². The van der Waals surface area contributed by atoms with E-state index in [1.807, 2.05) is 0 Å². The Morgan fingerprint density at radius 3 is 2.44 bits per heavy atom. The van der Waals surface area contributed by atoms with Crippen LogP contribution in [-0.2, 0) is 4.79 Å². The monoisotopic (exact) mass is 229 g/mol. The first-order chi connectivity index (χ1) is 7.69. The number of hydrogen-bond acceptors (Lipinski definition) is 3. The molecule has 0 spiro atoms. The number of rotatable bonds is 9. The van der Waals surface area contributed by atoms with Crippen molar-refractivity contribution in [3.8, 4) is 0 Å². The lowest BCUT2D eigenvalue weighted by Crippen LogP contribution is -2.44. The molecule has 0 fully saturated rings. The Balaban J connectivity index is 4.09. The van der Waals surface area contributed by atoms with Crippen molar-refractivity contribution in [2.24, 2.45) is 5.73 Å². The van der Waals surface area contributed by atoms with Crippen molar-refractivity contribution >= 4 is 5.91 Å². The minimum Gasteiger partial charge on any atom is -0.356 e. The van der Waals surface area contributed by atoms with E-state index in [-0.39, 0.29) is 11.9 Å². The predicted octanol–water partition coefficient (Wildman–Crippen LogP) is 0.962. The third-order valence-electron chi connectivity index (χ3n) is 2.70. The highest BCUT2D eigenvalue weighted by molar-refractivity contribution is 5.76. The van der Waals surface area contributed by atoms with E-state index in [0.29, 0.717) is 13.0 Å². The van der Waals surface area contributed by atoms with Crippen LogP contribution in [-0.4, -0.2) is 43.0 Å². The number of likely N-dealkylation sites (N-methyl/N-ethyl adjacent to an activating group) is 1. The van der Waals surface area contributed by atoms with Gasteiger partial charge in [-0.05, 0) is 25.9 Å². The van der Waals surface area contributed by atoms with Gasteiger partial charge in [-0.2, -0.15) is 0 Å². The van der Waals surface area contributed by atoms with E-state index in [1.165, 1.54) is 0 Å². The molecular formula is C12H27N3O. The standard InChI is InChI=1S/C12H27N3O/c1-4-7-14-12(16)9-11(10-13)15(6-3)8-5-2/h11H,4-10,13H2,1-3H3,(H,14,16). The number of amides is 1. The summed E-state index contributed by atoms with van der Waals surface area (Å²) < 4.78 is 0. The molecule has 0 aromatic rings. The van der Waals surface area contributed by atoms with Crippen LogP contribution in [0.1, 0.15) is 40.0 Å². The van der Waals surface area contributed by atoms with Gasteiger partial charge in [0.2, 0.25) is 5.91 Å². The van der Waals surface area contributed by atoms with E-state index >= 15 is 0 Å². The molecule has 1 atom stereocenters. The smallest absolute Gasteiger partial charge is 0.221 e. The van der Waals surface area contributed by atoms with Crippen LogP contribution in [0.4, 0.5) is 0 Å². The minimum atomic E-state index is 0.117. The summed E-state index contributed by atoms with van der Waals surface area (Å²) in [4.78, 5) is 13.9. The maximum Gasteiger partial charge on any atom is 0.221 e. The van der Waals surface area contributed by atoms with Crippen molar-refractivity contribution in [1.82, 2.24) is 10.2 Å². The van der Waals surface area contributed by atoms with Crippen LogP contribution in [0.15, 0.2) is 0 Å². The van der Waals surface area contributed by atoms with E-state index in [9.17, 15) is 4.79 Å². The largest absolute Gasteiger partial charge is 0.356 e. The van der Waals surface area contributed by atoms with Gasteiger partial charge >= 0.3 is 0 Å². The minimum absolute atomic E-state index is 0.117. The number of nitrogens with zero attached hydrogens (tertiary/aromatic N) is 1. The van der Waals surface area contributed by atoms with E-state index in [0.717, 1.165) is 32.5 Å². The molecule has 0 aliphatic rings. The van der Waals surface area contributed by atoms with Crippen molar-refractivity contribution in [2.45, 2.75) is 46.1 Å². The van der Waals surface area contributed by atoms with Gasteiger partial charge in [0.25, 0.3) is 0 Å². The molecule has 0 bridgehead atoms. The maximum atomic E-state index is 11.6. The Kier molecular flexibility index (Phi) is 9.24. The molecule has 0 saturated heterocycles. The van der Waals surface area contributed by atoms with Crippen LogP contribution in [0, 0.1) is 0 Å². The lowest BCUT2D eigenvalue weighted by atomic mass is 10.1. The SMILES string of the molecule is CCCNC(=O)CC(CN)N(CC)CCC. The average molecular weight is 229 g/mol. The van der Waals surface area contributed by atoms with E-state index < -0.39 is 0 Å². The second kappa shape index (κ2) is 9.60. The summed E-state index contributed by atoms with van der Waals surface area (Å²) in [7, 11) is 0. The number of carbonyl (C=O) groups is 1. The predicted molar refractivity (Wildman–Crippen MR) is 68.3 cm³/mol. The third kappa shape index (κ3) is 6.08. The molecule has 96 valence electrons. The summed E-state index contributed by atoms with van der Waals surface area (Å²) in [6.45, 7) is 9.59. The molecule has 0 rings (SSSR count). The fourth-order valence-corrected chi connectivity index (χ4v) is 1.80. The average Bonchev–Trinajstić information content (AvgIpc) is 2.30. The van der Waals surface area contributed by atoms with Gasteiger partial charge in [0.15, 0.2) is 0 Å². The molecule has 16 heavy (non-hydrogen) atoms. The molecule has 4 heteroatoms. The molecule has 1 amide bonds. The maximum absolute atomic E-state index is 11.6. The number of hydrogen-bond donors (Lipinski definition) is 2. The van der Waals surface area contributed by atoms with Gasteiger partial charge in [0.05, 0.1) is 0 Å². The Morgan fingerprint density at radius 1 is 1.31 bits per heavy atom. The van der Waals surface area contributed by atoms with Crippen LogP contribution in [0.3, 0.4) is 0 Å². The Hall–Kier alpha value is -0.610. The van der Waals surface area contributed by atoms with Gasteiger partial charge in [-0.3, -0.25) is 9.69 Å². The molecule has 0 saturated carbocycles. The van der Waals surface area contributed by atoms with Crippen LogP contribution >= 0.6 is 0 Å². The Morgan fingerprint density at radius 2 is 2.00 bits per heavy atom. The lowest BCUT2D eigenvalue weighted by molar-refractivity contribution is -0.122. The summed E-state index contributed by atoms with van der Waals surface area (Å²) in [5.74, 6) is 0.117. The quantitative estimate of drug-likeness (QED) is 0.619. The summed E-state index contributed by atoms with van der Waals surface area (Å²) in [6.07, 6.45) is 2.59. The fraction of sp³-hybridized carbons (Fsp3) is 0.917. The lowest BCUT2D eigenvalue weighted by Gasteiger charge is -2.29. The molecule has 4 nitrogen and oxygen atoms in total. The molecule has 3 N–H and O–H groups in total. The van der Waals surface area contributed by atoms with Gasteiger partial charge in [-0.15, -0.1) is 0 Å². The zero-order chi connectivity index (χ0) is 12.4.